The summed E-state index contributed by atoms with van der Waals surface area (Å²) < 4.78 is 24.4. The van der Waals surface area contributed by atoms with Gasteiger partial charge in [-0.25, -0.2) is 28.2 Å². The van der Waals surface area contributed by atoms with Crippen molar-refractivity contribution in [3.63, 3.8) is 0 Å². The molecule has 2 aromatic carbocycles. The third-order valence-electron chi connectivity index (χ3n) is 3.96. The van der Waals surface area contributed by atoms with E-state index in [9.17, 15) is 8.42 Å². The van der Waals surface area contributed by atoms with Crippen molar-refractivity contribution in [2.75, 3.05) is 5.43 Å². The summed E-state index contributed by atoms with van der Waals surface area (Å²) in [6.45, 7) is 0. The van der Waals surface area contributed by atoms with Gasteiger partial charge in [-0.15, -0.1) is 0 Å². The zero-order chi connectivity index (χ0) is 19.6. The Balaban J connectivity index is 1.64. The van der Waals surface area contributed by atoms with E-state index in [0.29, 0.717) is 22.5 Å². The number of sulfonamides is 1. The first-order valence-corrected chi connectivity index (χ1v) is 9.73. The standard InChI is InChI=1S/C18H15N7O2S/c19-28(26,27)15-8-6-14(7-9-15)25-18-16(11-23-25)17(20-12-21-18)24-22-10-13-4-2-1-3-5-13/h1-12H,(H2,19,26,27)(H,20,21,24)/b22-10+. The molecule has 0 radical (unpaired) electrons. The molecule has 4 rings (SSSR count). The molecule has 140 valence electrons. The predicted molar refractivity (Wildman–Crippen MR) is 106 cm³/mol. The Labute approximate surface area is 160 Å². The Bertz CT molecular complexity index is 1250. The van der Waals surface area contributed by atoms with Gasteiger partial charge >= 0.3 is 0 Å². The summed E-state index contributed by atoms with van der Waals surface area (Å²) in [6.07, 6.45) is 4.70. The Morgan fingerprint density at radius 2 is 1.79 bits per heavy atom. The normalized spacial score (nSPS) is 11.9. The van der Waals surface area contributed by atoms with Crippen LogP contribution in [0.2, 0.25) is 0 Å². The molecule has 0 aliphatic rings. The third kappa shape index (κ3) is 3.59. The second-order valence-corrected chi connectivity index (χ2v) is 7.40. The van der Waals surface area contributed by atoms with Crippen LogP contribution in [0.5, 0.6) is 0 Å². The van der Waals surface area contributed by atoms with Crippen LogP contribution >= 0.6 is 0 Å². The van der Waals surface area contributed by atoms with Crippen LogP contribution in [0.25, 0.3) is 16.7 Å². The molecule has 28 heavy (non-hydrogen) atoms. The molecular formula is C18H15N7O2S. The lowest BCUT2D eigenvalue weighted by molar-refractivity contribution is 0.598. The molecule has 0 spiro atoms. The van der Waals surface area contributed by atoms with Crippen molar-refractivity contribution < 1.29 is 8.42 Å². The molecule has 0 saturated carbocycles. The number of rotatable bonds is 5. The van der Waals surface area contributed by atoms with Crippen molar-refractivity contribution in [3.8, 4) is 5.69 Å². The minimum Gasteiger partial charge on any atom is -0.261 e. The lowest BCUT2D eigenvalue weighted by Gasteiger charge is -2.05. The van der Waals surface area contributed by atoms with Gasteiger partial charge in [0.1, 0.15) is 6.33 Å². The number of fused-ring (bicyclic) bond motifs is 1. The summed E-state index contributed by atoms with van der Waals surface area (Å²) in [4.78, 5) is 8.50. The van der Waals surface area contributed by atoms with Gasteiger partial charge in [-0.3, -0.25) is 5.43 Å². The van der Waals surface area contributed by atoms with Gasteiger partial charge in [0.05, 0.1) is 28.4 Å². The first kappa shape index (κ1) is 17.8. The van der Waals surface area contributed by atoms with Crippen LogP contribution in [-0.2, 0) is 10.0 Å². The van der Waals surface area contributed by atoms with Crippen LogP contribution in [0.15, 0.2) is 77.1 Å². The number of aromatic nitrogens is 4. The highest BCUT2D eigenvalue weighted by molar-refractivity contribution is 7.89. The van der Waals surface area contributed by atoms with E-state index in [0.717, 1.165) is 5.56 Å². The molecular weight excluding hydrogens is 378 g/mol. The highest BCUT2D eigenvalue weighted by Crippen LogP contribution is 2.22. The summed E-state index contributed by atoms with van der Waals surface area (Å²) >= 11 is 0. The van der Waals surface area contributed by atoms with Crippen LogP contribution in [0.4, 0.5) is 5.82 Å². The Hall–Kier alpha value is -3.63. The van der Waals surface area contributed by atoms with Crippen molar-refractivity contribution in [1.29, 1.82) is 0 Å². The largest absolute Gasteiger partial charge is 0.261 e. The van der Waals surface area contributed by atoms with E-state index in [-0.39, 0.29) is 4.90 Å². The van der Waals surface area contributed by atoms with E-state index in [4.69, 9.17) is 5.14 Å². The molecule has 2 heterocycles. The average molecular weight is 393 g/mol. The number of hydrogen-bond donors (Lipinski definition) is 2. The van der Waals surface area contributed by atoms with Crippen LogP contribution in [-0.4, -0.2) is 34.4 Å². The maximum atomic E-state index is 11.4. The Kier molecular flexibility index (Phi) is 4.55. The highest BCUT2D eigenvalue weighted by atomic mass is 32.2. The quantitative estimate of drug-likeness (QED) is 0.394. The van der Waals surface area contributed by atoms with Crippen molar-refractivity contribution in [2.24, 2.45) is 10.2 Å². The Morgan fingerprint density at radius 3 is 2.50 bits per heavy atom. The van der Waals surface area contributed by atoms with Crippen LogP contribution in [0.1, 0.15) is 5.56 Å². The summed E-state index contributed by atoms with van der Waals surface area (Å²) in [6, 6.07) is 15.7. The van der Waals surface area contributed by atoms with Gasteiger partial charge in [0.25, 0.3) is 0 Å². The number of hydrazone groups is 1. The number of primary sulfonamides is 1. The van der Waals surface area contributed by atoms with Crippen LogP contribution in [0, 0.1) is 0 Å². The van der Waals surface area contributed by atoms with Gasteiger partial charge in [-0.2, -0.15) is 10.2 Å². The van der Waals surface area contributed by atoms with Gasteiger partial charge in [-0.05, 0) is 29.8 Å². The minimum atomic E-state index is -3.75. The fraction of sp³-hybridized carbons (Fsp3) is 0. The smallest absolute Gasteiger partial charge is 0.238 e. The molecule has 0 bridgehead atoms. The van der Waals surface area contributed by atoms with Crippen molar-refractivity contribution in [3.05, 3.63) is 72.7 Å². The molecule has 0 aliphatic carbocycles. The average Bonchev–Trinajstić information content (AvgIpc) is 3.13. The molecule has 0 fully saturated rings. The van der Waals surface area contributed by atoms with Gasteiger partial charge in [0.15, 0.2) is 11.5 Å². The van der Waals surface area contributed by atoms with E-state index in [1.807, 2.05) is 30.3 Å². The number of anilines is 1. The minimum absolute atomic E-state index is 0.0277. The summed E-state index contributed by atoms with van der Waals surface area (Å²) in [5.41, 5.74) is 5.04. The van der Waals surface area contributed by atoms with Crippen LogP contribution in [0.3, 0.4) is 0 Å². The first-order chi connectivity index (χ1) is 13.5. The maximum Gasteiger partial charge on any atom is 0.238 e. The molecule has 0 amide bonds. The molecule has 9 nitrogen and oxygen atoms in total. The van der Waals surface area contributed by atoms with Gasteiger partial charge in [0.2, 0.25) is 10.0 Å². The molecule has 4 aromatic rings. The highest BCUT2D eigenvalue weighted by Gasteiger charge is 2.12. The van der Waals surface area contributed by atoms with Crippen molar-refractivity contribution >= 4 is 33.1 Å². The van der Waals surface area contributed by atoms with Gasteiger partial charge in [-0.1, -0.05) is 30.3 Å². The third-order valence-corrected chi connectivity index (χ3v) is 4.89. The summed E-state index contributed by atoms with van der Waals surface area (Å²) in [5, 5.41) is 14.3. The number of nitrogens with two attached hydrogens (primary N) is 1. The Morgan fingerprint density at radius 1 is 1.04 bits per heavy atom. The first-order valence-electron chi connectivity index (χ1n) is 8.18. The van der Waals surface area contributed by atoms with Gasteiger partial charge < -0.3 is 0 Å². The summed E-state index contributed by atoms with van der Waals surface area (Å²) in [5.74, 6) is 0.504. The summed E-state index contributed by atoms with van der Waals surface area (Å²) in [7, 11) is -3.75. The second kappa shape index (κ2) is 7.18. The van der Waals surface area contributed by atoms with Crippen molar-refractivity contribution in [2.45, 2.75) is 4.90 Å². The second-order valence-electron chi connectivity index (χ2n) is 5.84. The van der Waals surface area contributed by atoms with Gasteiger partial charge in [0, 0.05) is 0 Å². The molecule has 0 unspecified atom stereocenters. The molecule has 0 atom stereocenters. The van der Waals surface area contributed by atoms with E-state index in [1.54, 1.807) is 29.2 Å². The monoisotopic (exact) mass is 393 g/mol. The van der Waals surface area contributed by atoms with E-state index in [2.05, 4.69) is 25.6 Å². The SMILES string of the molecule is NS(=O)(=O)c1ccc(-n2ncc3c(N/N=C/c4ccccc4)ncnc32)cc1. The molecule has 10 heteroatoms. The van der Waals surface area contributed by atoms with E-state index in [1.165, 1.54) is 18.5 Å². The van der Waals surface area contributed by atoms with Crippen molar-refractivity contribution in [1.82, 2.24) is 19.7 Å². The van der Waals surface area contributed by atoms with Crippen LogP contribution < -0.4 is 10.6 Å². The lowest BCUT2D eigenvalue weighted by atomic mass is 10.2. The number of nitrogens with one attached hydrogen (secondary N) is 1. The molecule has 2 aromatic heterocycles. The topological polar surface area (TPSA) is 128 Å². The maximum absolute atomic E-state index is 11.4. The number of hydrogen-bond acceptors (Lipinski definition) is 7. The molecule has 0 aliphatic heterocycles. The lowest BCUT2D eigenvalue weighted by Crippen LogP contribution is -2.12. The fourth-order valence-corrected chi connectivity index (χ4v) is 3.12. The predicted octanol–water partition coefficient (Wildman–Crippen LogP) is 1.91. The number of nitrogens with zero attached hydrogens (tertiary/aromatic N) is 5. The van der Waals surface area contributed by atoms with E-state index < -0.39 is 10.0 Å². The molecule has 3 N–H and O–H groups in total. The molecule has 0 saturated heterocycles. The fourth-order valence-electron chi connectivity index (χ4n) is 2.61. The van der Waals surface area contributed by atoms with E-state index >= 15 is 0 Å². The number of benzene rings is 2. The zero-order valence-corrected chi connectivity index (χ0v) is 15.3. The zero-order valence-electron chi connectivity index (χ0n) is 14.5.